The second-order valence-corrected chi connectivity index (χ2v) is 4.00. The molecule has 0 spiro atoms. The maximum atomic E-state index is 11.6. The number of amides is 1. The molecule has 0 fully saturated rings. The second-order valence-electron chi connectivity index (χ2n) is 3.14. The van der Waals surface area contributed by atoms with Crippen molar-refractivity contribution < 1.29 is 14.3 Å². The van der Waals surface area contributed by atoms with Crippen molar-refractivity contribution in [1.29, 1.82) is 0 Å². The quantitative estimate of drug-likeness (QED) is 0.837. The van der Waals surface area contributed by atoms with E-state index in [2.05, 4.69) is 26.2 Å². The van der Waals surface area contributed by atoms with Crippen LogP contribution in [0, 0.1) is 0 Å². The number of pyridine rings is 1. The standard InChI is InChI=1S/C11H13BrN2O3/c1-2-17-9(15)5-7-14-11(16)10-8(12)4-3-6-13-10/h3-4,6H,2,5,7H2,1H3,(H,14,16). The van der Waals surface area contributed by atoms with Crippen molar-refractivity contribution in [2.45, 2.75) is 13.3 Å². The van der Waals surface area contributed by atoms with Gasteiger partial charge in [-0.1, -0.05) is 0 Å². The second kappa shape index (κ2) is 7.01. The molecule has 0 radical (unpaired) electrons. The number of rotatable bonds is 5. The number of esters is 1. The van der Waals surface area contributed by atoms with E-state index in [0.717, 1.165) is 0 Å². The molecular formula is C11H13BrN2O3. The Morgan fingerprint density at radius 3 is 2.94 bits per heavy atom. The molecule has 1 amide bonds. The van der Waals surface area contributed by atoms with Crippen LogP contribution in [0.4, 0.5) is 0 Å². The molecule has 0 aromatic carbocycles. The van der Waals surface area contributed by atoms with Gasteiger partial charge in [0.15, 0.2) is 0 Å². The number of hydrogen-bond acceptors (Lipinski definition) is 4. The fraction of sp³-hybridized carbons (Fsp3) is 0.364. The topological polar surface area (TPSA) is 68.3 Å². The smallest absolute Gasteiger partial charge is 0.307 e. The summed E-state index contributed by atoms with van der Waals surface area (Å²) in [5.41, 5.74) is 0.302. The van der Waals surface area contributed by atoms with Crippen LogP contribution in [0.15, 0.2) is 22.8 Å². The molecule has 0 aliphatic heterocycles. The van der Waals surface area contributed by atoms with E-state index in [9.17, 15) is 9.59 Å². The molecule has 0 saturated heterocycles. The van der Waals surface area contributed by atoms with Crippen molar-refractivity contribution >= 4 is 27.8 Å². The van der Waals surface area contributed by atoms with E-state index in [1.807, 2.05) is 0 Å². The van der Waals surface area contributed by atoms with Crippen molar-refractivity contribution in [3.8, 4) is 0 Å². The Balaban J connectivity index is 2.41. The zero-order valence-electron chi connectivity index (χ0n) is 9.40. The number of ether oxygens (including phenoxy) is 1. The molecule has 0 bridgehead atoms. The van der Waals surface area contributed by atoms with Crippen LogP contribution >= 0.6 is 15.9 Å². The Kier molecular flexibility index (Phi) is 5.62. The van der Waals surface area contributed by atoms with Crippen molar-refractivity contribution in [1.82, 2.24) is 10.3 Å². The van der Waals surface area contributed by atoms with Gasteiger partial charge in [0.2, 0.25) is 0 Å². The normalized spacial score (nSPS) is 9.76. The van der Waals surface area contributed by atoms with Crippen LogP contribution in [-0.4, -0.2) is 30.0 Å². The fourth-order valence-electron chi connectivity index (χ4n) is 1.15. The highest BCUT2D eigenvalue weighted by molar-refractivity contribution is 9.10. The van der Waals surface area contributed by atoms with Gasteiger partial charge in [-0.2, -0.15) is 0 Å². The minimum Gasteiger partial charge on any atom is -0.466 e. The molecule has 6 heteroatoms. The number of carbonyl (C=O) groups excluding carboxylic acids is 2. The molecular weight excluding hydrogens is 288 g/mol. The molecule has 0 unspecified atom stereocenters. The number of nitrogens with zero attached hydrogens (tertiary/aromatic N) is 1. The molecule has 1 heterocycles. The molecule has 0 atom stereocenters. The number of nitrogens with one attached hydrogen (secondary N) is 1. The van der Waals surface area contributed by atoms with Gasteiger partial charge in [0.25, 0.3) is 5.91 Å². The van der Waals surface area contributed by atoms with E-state index in [-0.39, 0.29) is 24.8 Å². The van der Waals surface area contributed by atoms with Crippen molar-refractivity contribution in [3.05, 3.63) is 28.5 Å². The lowest BCUT2D eigenvalue weighted by molar-refractivity contribution is -0.142. The van der Waals surface area contributed by atoms with Gasteiger partial charge in [-0.25, -0.2) is 4.98 Å². The van der Waals surface area contributed by atoms with E-state index in [1.54, 1.807) is 19.1 Å². The molecule has 1 N–H and O–H groups in total. The lowest BCUT2D eigenvalue weighted by Crippen LogP contribution is -2.27. The molecule has 1 aromatic heterocycles. The van der Waals surface area contributed by atoms with Gasteiger partial charge in [0, 0.05) is 17.2 Å². The molecule has 1 rings (SSSR count). The maximum absolute atomic E-state index is 11.6. The average Bonchev–Trinajstić information content (AvgIpc) is 2.29. The highest BCUT2D eigenvalue weighted by atomic mass is 79.9. The molecule has 92 valence electrons. The molecule has 0 aliphatic carbocycles. The summed E-state index contributed by atoms with van der Waals surface area (Å²) in [6.45, 7) is 2.32. The summed E-state index contributed by atoms with van der Waals surface area (Å²) in [4.78, 5) is 26.6. The Bertz CT molecular complexity index is 409. The molecule has 5 nitrogen and oxygen atoms in total. The molecule has 0 aliphatic rings. The summed E-state index contributed by atoms with van der Waals surface area (Å²) in [6.07, 6.45) is 1.69. The van der Waals surface area contributed by atoms with E-state index < -0.39 is 0 Å². The van der Waals surface area contributed by atoms with Gasteiger partial charge in [-0.15, -0.1) is 0 Å². The summed E-state index contributed by atoms with van der Waals surface area (Å²) in [6, 6.07) is 3.45. The Morgan fingerprint density at radius 1 is 1.53 bits per heavy atom. The monoisotopic (exact) mass is 300 g/mol. The van der Waals surface area contributed by atoms with E-state index in [1.165, 1.54) is 6.20 Å². The maximum Gasteiger partial charge on any atom is 0.307 e. The van der Waals surface area contributed by atoms with Gasteiger partial charge >= 0.3 is 5.97 Å². The third-order valence-corrected chi connectivity index (χ3v) is 2.53. The number of aromatic nitrogens is 1. The van der Waals surface area contributed by atoms with Crippen molar-refractivity contribution in [3.63, 3.8) is 0 Å². The third-order valence-electron chi connectivity index (χ3n) is 1.89. The van der Waals surface area contributed by atoms with Gasteiger partial charge < -0.3 is 10.1 Å². The lowest BCUT2D eigenvalue weighted by Gasteiger charge is -2.05. The molecule has 1 aromatic rings. The first-order chi connectivity index (χ1) is 8.15. The highest BCUT2D eigenvalue weighted by Gasteiger charge is 2.11. The first kappa shape index (κ1) is 13.6. The zero-order valence-corrected chi connectivity index (χ0v) is 11.0. The fourth-order valence-corrected chi connectivity index (χ4v) is 1.58. The largest absolute Gasteiger partial charge is 0.466 e. The van der Waals surface area contributed by atoms with Crippen LogP contribution in [0.25, 0.3) is 0 Å². The van der Waals surface area contributed by atoms with Crippen molar-refractivity contribution in [2.75, 3.05) is 13.2 Å². The zero-order chi connectivity index (χ0) is 12.7. The van der Waals surface area contributed by atoms with Crippen molar-refractivity contribution in [2.24, 2.45) is 0 Å². The first-order valence-corrected chi connectivity index (χ1v) is 5.98. The Labute approximate surface area is 108 Å². The number of carbonyl (C=O) groups is 2. The van der Waals surface area contributed by atoms with E-state index in [4.69, 9.17) is 4.74 Å². The summed E-state index contributed by atoms with van der Waals surface area (Å²) in [7, 11) is 0. The first-order valence-electron chi connectivity index (χ1n) is 5.19. The van der Waals surface area contributed by atoms with Crippen LogP contribution in [-0.2, 0) is 9.53 Å². The van der Waals surface area contributed by atoms with Crippen LogP contribution in [0.3, 0.4) is 0 Å². The molecule has 17 heavy (non-hydrogen) atoms. The van der Waals surface area contributed by atoms with Crippen LogP contribution in [0.1, 0.15) is 23.8 Å². The van der Waals surface area contributed by atoms with Crippen LogP contribution < -0.4 is 5.32 Å². The predicted molar refractivity (Wildman–Crippen MR) is 65.5 cm³/mol. The summed E-state index contributed by atoms with van der Waals surface area (Å²) in [5.74, 6) is -0.644. The minimum atomic E-state index is -0.326. The minimum absolute atomic E-state index is 0.157. The molecule has 0 saturated carbocycles. The SMILES string of the molecule is CCOC(=O)CCNC(=O)c1ncccc1Br. The van der Waals surface area contributed by atoms with E-state index >= 15 is 0 Å². The van der Waals surface area contributed by atoms with Gasteiger partial charge in [-0.3, -0.25) is 9.59 Å². The Hall–Kier alpha value is -1.43. The lowest BCUT2D eigenvalue weighted by atomic mass is 10.3. The van der Waals surface area contributed by atoms with E-state index in [0.29, 0.717) is 16.8 Å². The highest BCUT2D eigenvalue weighted by Crippen LogP contribution is 2.12. The summed E-state index contributed by atoms with van der Waals surface area (Å²) >= 11 is 3.23. The summed E-state index contributed by atoms with van der Waals surface area (Å²) in [5, 5.41) is 2.60. The van der Waals surface area contributed by atoms with Gasteiger partial charge in [0.05, 0.1) is 13.0 Å². The van der Waals surface area contributed by atoms with Gasteiger partial charge in [-0.05, 0) is 35.0 Å². The van der Waals surface area contributed by atoms with Crippen LogP contribution in [0.2, 0.25) is 0 Å². The third kappa shape index (κ3) is 4.52. The average molecular weight is 301 g/mol. The van der Waals surface area contributed by atoms with Gasteiger partial charge in [0.1, 0.15) is 5.69 Å². The number of halogens is 1. The Morgan fingerprint density at radius 2 is 2.29 bits per heavy atom. The summed E-state index contributed by atoms with van der Waals surface area (Å²) < 4.78 is 5.36. The number of hydrogen-bond donors (Lipinski definition) is 1. The predicted octanol–water partition coefficient (Wildman–Crippen LogP) is 1.53. The van der Waals surface area contributed by atoms with Crippen LogP contribution in [0.5, 0.6) is 0 Å².